The lowest BCUT2D eigenvalue weighted by atomic mass is 10.0. The minimum Gasteiger partial charge on any atom is -0.466 e. The summed E-state index contributed by atoms with van der Waals surface area (Å²) in [4.78, 5) is 12.1. The van der Waals surface area contributed by atoms with Crippen molar-refractivity contribution in [2.24, 2.45) is 0 Å². The smallest absolute Gasteiger partial charge is 0.315 e. The van der Waals surface area contributed by atoms with Crippen LogP contribution in [0.1, 0.15) is 36.3 Å². The van der Waals surface area contributed by atoms with Gasteiger partial charge in [-0.2, -0.15) is 0 Å². The van der Waals surface area contributed by atoms with E-state index in [1.165, 1.54) is 18.4 Å². The van der Waals surface area contributed by atoms with E-state index < -0.39 is 11.6 Å². The van der Waals surface area contributed by atoms with Gasteiger partial charge in [-0.15, -0.1) is 0 Å². The van der Waals surface area contributed by atoms with Crippen molar-refractivity contribution in [3.8, 4) is 0 Å². The Kier molecular flexibility index (Phi) is 4.09. The van der Waals surface area contributed by atoms with Crippen molar-refractivity contribution in [1.29, 1.82) is 0 Å². The molecule has 0 spiro atoms. The molecule has 0 saturated carbocycles. The van der Waals surface area contributed by atoms with Crippen LogP contribution in [0.4, 0.5) is 9.18 Å². The van der Waals surface area contributed by atoms with Crippen LogP contribution in [-0.4, -0.2) is 17.7 Å². The number of carbonyl (C=O) groups is 1. The molecule has 6 heteroatoms. The molecule has 1 aromatic carbocycles. The lowest BCUT2D eigenvalue weighted by Gasteiger charge is -2.22. The monoisotopic (exact) mass is 318 g/mol. The highest BCUT2D eigenvalue weighted by molar-refractivity contribution is 5.74. The van der Waals surface area contributed by atoms with Crippen molar-refractivity contribution < 1.29 is 18.7 Å². The summed E-state index contributed by atoms with van der Waals surface area (Å²) in [7, 11) is 0. The number of amides is 2. The van der Waals surface area contributed by atoms with Crippen molar-refractivity contribution >= 4 is 6.03 Å². The number of hydrogen-bond acceptors (Lipinski definition) is 3. The maximum Gasteiger partial charge on any atom is 0.315 e. The number of aryl methyl sites for hydroxylation is 1. The third-order valence-corrected chi connectivity index (χ3v) is 4.14. The predicted octanol–water partition coefficient (Wildman–Crippen LogP) is 2.61. The highest BCUT2D eigenvalue weighted by Crippen LogP contribution is 2.31. The normalized spacial score (nSPS) is 19.0. The number of fused-ring (bicyclic) bond motifs is 1. The number of nitrogens with one attached hydrogen (secondary N) is 2. The lowest BCUT2D eigenvalue weighted by Crippen LogP contribution is -2.44. The van der Waals surface area contributed by atoms with E-state index in [1.54, 1.807) is 25.1 Å². The van der Waals surface area contributed by atoms with Crippen molar-refractivity contribution in [3.63, 3.8) is 0 Å². The van der Waals surface area contributed by atoms with Gasteiger partial charge in [0.25, 0.3) is 0 Å². The van der Waals surface area contributed by atoms with Crippen molar-refractivity contribution in [3.05, 3.63) is 59.3 Å². The summed E-state index contributed by atoms with van der Waals surface area (Å²) in [6.45, 7) is 1.57. The molecule has 2 atom stereocenters. The molecule has 5 nitrogen and oxygen atoms in total. The summed E-state index contributed by atoms with van der Waals surface area (Å²) in [6, 6.07) is 7.36. The molecule has 1 aromatic heterocycles. The fourth-order valence-corrected chi connectivity index (χ4v) is 2.86. The molecule has 0 fully saturated rings. The molecule has 1 aliphatic carbocycles. The maximum atomic E-state index is 13.4. The van der Waals surface area contributed by atoms with Gasteiger partial charge in [-0.05, 0) is 55.2 Å². The average molecular weight is 318 g/mol. The van der Waals surface area contributed by atoms with E-state index in [0.29, 0.717) is 5.76 Å². The Morgan fingerprint density at radius 1 is 1.48 bits per heavy atom. The highest BCUT2D eigenvalue weighted by Gasteiger charge is 2.28. The Morgan fingerprint density at radius 3 is 3.04 bits per heavy atom. The van der Waals surface area contributed by atoms with Crippen LogP contribution in [-0.2, 0) is 12.0 Å². The molecular weight excluding hydrogens is 299 g/mol. The van der Waals surface area contributed by atoms with Gasteiger partial charge in [-0.1, -0.05) is 6.07 Å². The van der Waals surface area contributed by atoms with E-state index in [4.69, 9.17) is 4.42 Å². The molecule has 3 N–H and O–H groups in total. The van der Waals surface area contributed by atoms with E-state index in [-0.39, 0.29) is 18.4 Å². The molecule has 0 aliphatic heterocycles. The van der Waals surface area contributed by atoms with Gasteiger partial charge >= 0.3 is 6.03 Å². The molecule has 2 unspecified atom stereocenters. The first-order chi connectivity index (χ1) is 11.0. The third-order valence-electron chi connectivity index (χ3n) is 4.14. The second kappa shape index (κ2) is 6.04. The number of urea groups is 1. The number of benzene rings is 1. The molecule has 3 rings (SSSR count). The van der Waals surface area contributed by atoms with Crippen LogP contribution < -0.4 is 10.6 Å². The third kappa shape index (κ3) is 3.37. The largest absolute Gasteiger partial charge is 0.466 e. The van der Waals surface area contributed by atoms with Crippen LogP contribution >= 0.6 is 0 Å². The summed E-state index contributed by atoms with van der Waals surface area (Å²) >= 11 is 0. The number of carbonyl (C=O) groups excluding carboxylic acids is 1. The van der Waals surface area contributed by atoms with E-state index >= 15 is 0 Å². The SMILES string of the molecule is CC(O)(CNC(=O)NC1CCc2ccc(F)cc21)c1ccco1. The van der Waals surface area contributed by atoms with Gasteiger partial charge in [0.05, 0.1) is 18.8 Å². The molecule has 2 amide bonds. The first-order valence-corrected chi connectivity index (χ1v) is 7.55. The predicted molar refractivity (Wildman–Crippen MR) is 82.3 cm³/mol. The van der Waals surface area contributed by atoms with Crippen LogP contribution in [0, 0.1) is 5.82 Å². The standard InChI is InChI=1S/C17H19FN2O3/c1-17(22,15-3-2-8-23-15)10-19-16(21)20-14-7-5-11-4-6-12(18)9-13(11)14/h2-4,6,8-9,14,22H,5,7,10H2,1H3,(H2,19,20,21). The van der Waals surface area contributed by atoms with E-state index in [9.17, 15) is 14.3 Å². The maximum absolute atomic E-state index is 13.4. The number of rotatable bonds is 4. The van der Waals surface area contributed by atoms with Crippen molar-refractivity contribution in [2.75, 3.05) is 6.54 Å². The molecule has 2 aromatic rings. The lowest BCUT2D eigenvalue weighted by molar-refractivity contribution is 0.0366. The van der Waals surface area contributed by atoms with Gasteiger partial charge in [-0.3, -0.25) is 0 Å². The second-order valence-corrected chi connectivity index (χ2v) is 6.01. The van der Waals surface area contributed by atoms with Crippen molar-refractivity contribution in [1.82, 2.24) is 10.6 Å². The zero-order chi connectivity index (χ0) is 16.4. The van der Waals surface area contributed by atoms with E-state index in [0.717, 1.165) is 24.0 Å². The van der Waals surface area contributed by atoms with Gasteiger partial charge in [0.15, 0.2) is 0 Å². The van der Waals surface area contributed by atoms with Gasteiger partial charge < -0.3 is 20.2 Å². The second-order valence-electron chi connectivity index (χ2n) is 6.01. The first kappa shape index (κ1) is 15.6. The number of hydrogen-bond donors (Lipinski definition) is 3. The van der Waals surface area contributed by atoms with Crippen LogP contribution in [0.3, 0.4) is 0 Å². The summed E-state index contributed by atoms with van der Waals surface area (Å²) in [5.41, 5.74) is 0.581. The molecule has 0 saturated heterocycles. The fraction of sp³-hybridized carbons (Fsp3) is 0.353. The topological polar surface area (TPSA) is 74.5 Å². The van der Waals surface area contributed by atoms with Gasteiger partial charge in [0.1, 0.15) is 17.2 Å². The molecule has 1 heterocycles. The van der Waals surface area contributed by atoms with Crippen LogP contribution in [0.15, 0.2) is 41.0 Å². The Hall–Kier alpha value is -2.34. The van der Waals surface area contributed by atoms with E-state index in [2.05, 4.69) is 10.6 Å². The number of aliphatic hydroxyl groups is 1. The molecule has 0 bridgehead atoms. The summed E-state index contributed by atoms with van der Waals surface area (Å²) in [5, 5.41) is 15.7. The molecule has 23 heavy (non-hydrogen) atoms. The van der Waals surface area contributed by atoms with Crippen LogP contribution in [0.5, 0.6) is 0 Å². The molecule has 1 aliphatic rings. The molecular formula is C17H19FN2O3. The Balaban J connectivity index is 1.58. The zero-order valence-electron chi connectivity index (χ0n) is 12.8. The zero-order valence-corrected chi connectivity index (χ0v) is 12.8. The Morgan fingerprint density at radius 2 is 2.30 bits per heavy atom. The highest BCUT2D eigenvalue weighted by atomic mass is 19.1. The first-order valence-electron chi connectivity index (χ1n) is 7.55. The summed E-state index contributed by atoms with van der Waals surface area (Å²) < 4.78 is 18.5. The summed E-state index contributed by atoms with van der Waals surface area (Å²) in [5.74, 6) is 0.0738. The molecule has 0 radical (unpaired) electrons. The molecule has 122 valence electrons. The van der Waals surface area contributed by atoms with Gasteiger partial charge in [0.2, 0.25) is 0 Å². The number of halogens is 1. The van der Waals surface area contributed by atoms with Crippen LogP contribution in [0.25, 0.3) is 0 Å². The minimum atomic E-state index is -1.29. The number of furan rings is 1. The Labute approximate surface area is 133 Å². The average Bonchev–Trinajstić information content (AvgIpc) is 3.16. The van der Waals surface area contributed by atoms with E-state index in [1.807, 2.05) is 0 Å². The Bertz CT molecular complexity index is 698. The minimum absolute atomic E-state index is 0.00900. The summed E-state index contributed by atoms with van der Waals surface area (Å²) in [6.07, 6.45) is 3.01. The fourth-order valence-electron chi connectivity index (χ4n) is 2.86. The van der Waals surface area contributed by atoms with Crippen molar-refractivity contribution in [2.45, 2.75) is 31.4 Å². The van der Waals surface area contributed by atoms with Crippen LogP contribution in [0.2, 0.25) is 0 Å². The van der Waals surface area contributed by atoms with Gasteiger partial charge in [0, 0.05) is 0 Å². The quantitative estimate of drug-likeness (QED) is 0.811. The van der Waals surface area contributed by atoms with Gasteiger partial charge in [-0.25, -0.2) is 9.18 Å².